The predicted octanol–water partition coefficient (Wildman–Crippen LogP) is 5.75. The second kappa shape index (κ2) is 20.2. The number of carboxylic acid groups (broad SMARTS) is 1. The quantitative estimate of drug-likeness (QED) is 0.213. The van der Waals surface area contributed by atoms with Crippen molar-refractivity contribution in [3.8, 4) is 0 Å². The van der Waals surface area contributed by atoms with Crippen LogP contribution >= 0.6 is 0 Å². The molecule has 0 saturated carbocycles. The van der Waals surface area contributed by atoms with Crippen molar-refractivity contribution < 1.29 is 15.0 Å². The van der Waals surface area contributed by atoms with E-state index in [9.17, 15) is 4.79 Å². The van der Waals surface area contributed by atoms with E-state index in [4.69, 9.17) is 10.2 Å². The molecule has 0 heterocycles. The molecule has 2 N–H and O–H groups in total. The molecule has 0 aromatic carbocycles. The van der Waals surface area contributed by atoms with Gasteiger partial charge in [-0.05, 0) is 19.3 Å². The number of carbonyl (C=O) groups is 1. The first kappa shape index (κ1) is 23.1. The smallest absolute Gasteiger partial charge is 0.328 e. The van der Waals surface area contributed by atoms with Crippen LogP contribution in [0.4, 0.5) is 0 Å². The maximum Gasteiger partial charge on any atom is 0.328 e. The number of aliphatic hydroxyl groups is 1. The summed E-state index contributed by atoms with van der Waals surface area (Å²) >= 11 is 0. The fraction of sp³-hybridized carbons (Fsp3) is 0.500. The zero-order valence-electron chi connectivity index (χ0n) is 15.4. The van der Waals surface area contributed by atoms with Crippen molar-refractivity contribution in [3.05, 3.63) is 60.8 Å². The number of aliphatic hydroxyl groups excluding tert-OH is 1. The van der Waals surface area contributed by atoms with E-state index in [-0.39, 0.29) is 0 Å². The molecule has 0 fully saturated rings. The lowest BCUT2D eigenvalue weighted by Gasteiger charge is -2.00. The van der Waals surface area contributed by atoms with Gasteiger partial charge in [0, 0.05) is 12.7 Å². The minimum absolute atomic E-state index is 0.336. The lowest BCUT2D eigenvalue weighted by molar-refractivity contribution is -0.131. The minimum Gasteiger partial charge on any atom is -0.478 e. The fourth-order valence-electron chi connectivity index (χ4n) is 2.31. The average Bonchev–Trinajstić information content (AvgIpc) is 2.60. The zero-order chi connectivity index (χ0) is 18.4. The van der Waals surface area contributed by atoms with E-state index in [1.807, 2.05) is 24.3 Å². The van der Waals surface area contributed by atoms with Crippen molar-refractivity contribution in [1.82, 2.24) is 0 Å². The molecule has 0 radical (unpaired) electrons. The Hall–Kier alpha value is -1.87. The molecule has 0 aliphatic rings. The van der Waals surface area contributed by atoms with Crippen molar-refractivity contribution in [2.75, 3.05) is 6.61 Å². The highest BCUT2D eigenvalue weighted by Gasteiger charge is 1.91. The van der Waals surface area contributed by atoms with Gasteiger partial charge in [0.2, 0.25) is 0 Å². The van der Waals surface area contributed by atoms with E-state index in [1.54, 1.807) is 12.2 Å². The van der Waals surface area contributed by atoms with Crippen LogP contribution < -0.4 is 0 Å². The van der Waals surface area contributed by atoms with E-state index in [1.165, 1.54) is 57.4 Å². The van der Waals surface area contributed by atoms with Gasteiger partial charge in [0.1, 0.15) is 0 Å². The predicted molar refractivity (Wildman–Crippen MR) is 107 cm³/mol. The van der Waals surface area contributed by atoms with Crippen LogP contribution in [-0.4, -0.2) is 22.8 Å². The van der Waals surface area contributed by atoms with Crippen LogP contribution in [0, 0.1) is 0 Å². The van der Waals surface area contributed by atoms with Gasteiger partial charge >= 0.3 is 5.97 Å². The molecule has 0 unspecified atom stereocenters. The summed E-state index contributed by atoms with van der Waals surface area (Å²) in [5, 5.41) is 17.1. The lowest BCUT2D eigenvalue weighted by Crippen LogP contribution is -1.84. The Bertz CT molecular complexity index is 442. The summed E-state index contributed by atoms with van der Waals surface area (Å²) in [6.07, 6.45) is 30.5. The number of rotatable bonds is 16. The zero-order valence-corrected chi connectivity index (χ0v) is 15.4. The van der Waals surface area contributed by atoms with Gasteiger partial charge < -0.3 is 10.2 Å². The molecule has 0 bridgehead atoms. The van der Waals surface area contributed by atoms with Crippen LogP contribution in [0.3, 0.4) is 0 Å². The minimum atomic E-state index is -0.937. The van der Waals surface area contributed by atoms with Gasteiger partial charge in [0.05, 0.1) is 0 Å². The third-order valence-electron chi connectivity index (χ3n) is 3.68. The highest BCUT2D eigenvalue weighted by molar-refractivity contribution is 5.80. The summed E-state index contributed by atoms with van der Waals surface area (Å²) in [5.41, 5.74) is 0. The van der Waals surface area contributed by atoms with E-state index in [2.05, 4.69) is 12.2 Å². The average molecular weight is 347 g/mol. The first-order chi connectivity index (χ1) is 12.3. The van der Waals surface area contributed by atoms with Crippen LogP contribution in [0.5, 0.6) is 0 Å². The molecule has 0 amide bonds. The standard InChI is InChI=1S/C22H34O3/c23-21-19-17-15-13-11-9-7-5-3-1-2-4-6-8-10-12-14-16-18-20-22(24)25/h2,4,6,8,10,12,14,16,18,20,23H,1,3,5,7,9,11,13,15,17,19,21H2,(H,24,25). The summed E-state index contributed by atoms with van der Waals surface area (Å²) in [5.74, 6) is -0.937. The number of hydrogen-bond acceptors (Lipinski definition) is 2. The van der Waals surface area contributed by atoms with Crippen LogP contribution in [-0.2, 0) is 4.79 Å². The number of allylic oxidation sites excluding steroid dienone is 9. The van der Waals surface area contributed by atoms with Gasteiger partial charge in [-0.1, -0.05) is 99.6 Å². The Morgan fingerprint density at radius 1 is 0.600 bits per heavy atom. The summed E-state index contributed by atoms with van der Waals surface area (Å²) in [6.45, 7) is 0.336. The Kier molecular flexibility index (Phi) is 18.7. The topological polar surface area (TPSA) is 57.5 Å². The van der Waals surface area contributed by atoms with Gasteiger partial charge in [0.15, 0.2) is 0 Å². The first-order valence-electron chi connectivity index (χ1n) is 9.44. The molecular formula is C22H34O3. The molecule has 3 nitrogen and oxygen atoms in total. The number of aliphatic carboxylic acids is 1. The van der Waals surface area contributed by atoms with Crippen molar-refractivity contribution in [3.63, 3.8) is 0 Å². The summed E-state index contributed by atoms with van der Waals surface area (Å²) < 4.78 is 0. The van der Waals surface area contributed by atoms with Crippen LogP contribution in [0.15, 0.2) is 60.8 Å². The molecule has 140 valence electrons. The monoisotopic (exact) mass is 346 g/mol. The summed E-state index contributed by atoms with van der Waals surface area (Å²) in [4.78, 5) is 10.2. The number of carboxylic acids is 1. The van der Waals surface area contributed by atoms with Crippen LogP contribution in [0.1, 0.15) is 64.2 Å². The van der Waals surface area contributed by atoms with E-state index in [0.29, 0.717) is 6.61 Å². The van der Waals surface area contributed by atoms with E-state index >= 15 is 0 Å². The third-order valence-corrected chi connectivity index (χ3v) is 3.68. The van der Waals surface area contributed by atoms with Crippen molar-refractivity contribution in [2.45, 2.75) is 64.2 Å². The van der Waals surface area contributed by atoms with Gasteiger partial charge in [-0.3, -0.25) is 0 Å². The molecule has 0 atom stereocenters. The van der Waals surface area contributed by atoms with Crippen molar-refractivity contribution >= 4 is 5.97 Å². The SMILES string of the molecule is O=C(O)C=CC=CC=CC=CC=CCCCCCCCCCCCO. The molecule has 0 aromatic rings. The number of unbranched alkanes of at least 4 members (excludes halogenated alkanes) is 9. The van der Waals surface area contributed by atoms with Crippen molar-refractivity contribution in [1.29, 1.82) is 0 Å². The highest BCUT2D eigenvalue weighted by atomic mass is 16.4. The van der Waals surface area contributed by atoms with E-state index < -0.39 is 5.97 Å². The second-order valence-electron chi connectivity index (χ2n) is 5.97. The first-order valence-corrected chi connectivity index (χ1v) is 9.44. The van der Waals surface area contributed by atoms with Crippen molar-refractivity contribution in [2.24, 2.45) is 0 Å². The Balaban J connectivity index is 3.41. The Labute approximate surface area is 153 Å². The molecule has 0 rings (SSSR count). The van der Waals surface area contributed by atoms with Gasteiger partial charge in [-0.15, -0.1) is 0 Å². The largest absolute Gasteiger partial charge is 0.478 e. The molecular weight excluding hydrogens is 312 g/mol. The fourth-order valence-corrected chi connectivity index (χ4v) is 2.31. The van der Waals surface area contributed by atoms with Gasteiger partial charge in [-0.2, -0.15) is 0 Å². The highest BCUT2D eigenvalue weighted by Crippen LogP contribution is 2.10. The van der Waals surface area contributed by atoms with Crippen LogP contribution in [0.25, 0.3) is 0 Å². The third kappa shape index (κ3) is 22.1. The molecule has 25 heavy (non-hydrogen) atoms. The molecule has 0 aromatic heterocycles. The maximum atomic E-state index is 10.2. The molecule has 0 spiro atoms. The molecule has 0 saturated heterocycles. The number of hydrogen-bond donors (Lipinski definition) is 2. The summed E-state index contributed by atoms with van der Waals surface area (Å²) in [6, 6.07) is 0. The van der Waals surface area contributed by atoms with E-state index in [0.717, 1.165) is 18.9 Å². The molecule has 3 heteroatoms. The van der Waals surface area contributed by atoms with Crippen LogP contribution in [0.2, 0.25) is 0 Å². The maximum absolute atomic E-state index is 10.2. The Morgan fingerprint density at radius 2 is 1.04 bits per heavy atom. The second-order valence-corrected chi connectivity index (χ2v) is 5.97. The molecule has 0 aliphatic heterocycles. The summed E-state index contributed by atoms with van der Waals surface area (Å²) in [7, 11) is 0. The van der Waals surface area contributed by atoms with Gasteiger partial charge in [0.25, 0.3) is 0 Å². The lowest BCUT2D eigenvalue weighted by atomic mass is 10.1. The normalized spacial score (nSPS) is 12.7. The van der Waals surface area contributed by atoms with Gasteiger partial charge in [-0.25, -0.2) is 4.79 Å². The Morgan fingerprint density at radius 3 is 1.56 bits per heavy atom. The molecule has 0 aliphatic carbocycles.